The van der Waals surface area contributed by atoms with Crippen LogP contribution in [0.5, 0.6) is 5.75 Å². The number of fused-ring (bicyclic) bond motifs is 1. The first-order chi connectivity index (χ1) is 11.1. The van der Waals surface area contributed by atoms with Gasteiger partial charge in [-0.3, -0.25) is 4.79 Å². The Kier molecular flexibility index (Phi) is 3.80. The number of rotatable bonds is 4. The van der Waals surface area contributed by atoms with Crippen molar-refractivity contribution in [3.8, 4) is 5.75 Å². The minimum atomic E-state index is -1.42. The van der Waals surface area contributed by atoms with Crippen molar-refractivity contribution in [2.45, 2.75) is 6.54 Å². The van der Waals surface area contributed by atoms with Crippen LogP contribution < -0.4 is 15.4 Å². The van der Waals surface area contributed by atoms with E-state index in [4.69, 9.17) is 4.74 Å². The van der Waals surface area contributed by atoms with Crippen LogP contribution in [0, 0.1) is 0 Å². The van der Waals surface area contributed by atoms with E-state index in [0.29, 0.717) is 11.1 Å². The highest BCUT2D eigenvalue weighted by Gasteiger charge is 2.11. The van der Waals surface area contributed by atoms with Crippen LogP contribution in [0.4, 0.5) is 0 Å². The Bertz CT molecular complexity index is 947. The molecule has 0 saturated heterocycles. The molecule has 0 amide bonds. The summed E-state index contributed by atoms with van der Waals surface area (Å²) in [5.41, 5.74) is 0.176. The number of ether oxygens (including phenoxy) is 1. The van der Waals surface area contributed by atoms with Gasteiger partial charge in [-0.05, 0) is 23.8 Å². The van der Waals surface area contributed by atoms with E-state index in [2.05, 4.69) is 5.10 Å². The van der Waals surface area contributed by atoms with Gasteiger partial charge in [0.15, 0.2) is 0 Å². The second-order valence-electron chi connectivity index (χ2n) is 5.00. The van der Waals surface area contributed by atoms with Crippen LogP contribution in [0.3, 0.4) is 0 Å². The molecule has 0 unspecified atom stereocenters. The fraction of sp³-hybridized carbons (Fsp3) is 0.118. The van der Waals surface area contributed by atoms with Gasteiger partial charge in [-0.15, -0.1) is 0 Å². The fourth-order valence-corrected chi connectivity index (χ4v) is 2.44. The SMILES string of the molecule is COc1cccc(Cn2nc(C(=O)[O-])c3ccccc3c2=O)c1. The number of carbonyl (C=O) groups excluding carboxylic acids is 1. The zero-order valence-corrected chi connectivity index (χ0v) is 12.4. The van der Waals surface area contributed by atoms with Crippen molar-refractivity contribution in [3.63, 3.8) is 0 Å². The van der Waals surface area contributed by atoms with Crippen molar-refractivity contribution in [2.75, 3.05) is 7.11 Å². The van der Waals surface area contributed by atoms with Gasteiger partial charge in [0.2, 0.25) is 0 Å². The van der Waals surface area contributed by atoms with E-state index in [1.54, 1.807) is 49.6 Å². The lowest BCUT2D eigenvalue weighted by Gasteiger charge is -2.12. The lowest BCUT2D eigenvalue weighted by molar-refractivity contribution is -0.255. The Morgan fingerprint density at radius 3 is 2.61 bits per heavy atom. The maximum atomic E-state index is 12.5. The molecule has 0 bridgehead atoms. The van der Waals surface area contributed by atoms with E-state index in [-0.39, 0.29) is 23.2 Å². The highest BCUT2D eigenvalue weighted by Crippen LogP contribution is 2.15. The van der Waals surface area contributed by atoms with Crippen LogP contribution >= 0.6 is 0 Å². The molecule has 1 aromatic heterocycles. The third kappa shape index (κ3) is 2.78. The van der Waals surface area contributed by atoms with Gasteiger partial charge in [-0.2, -0.15) is 5.10 Å². The van der Waals surface area contributed by atoms with Gasteiger partial charge in [0.05, 0.1) is 25.0 Å². The van der Waals surface area contributed by atoms with Crippen LogP contribution in [-0.4, -0.2) is 22.9 Å². The number of hydrogen-bond donors (Lipinski definition) is 0. The number of nitrogens with zero attached hydrogens (tertiary/aromatic N) is 2. The zero-order valence-electron chi connectivity index (χ0n) is 12.4. The van der Waals surface area contributed by atoms with Crippen LogP contribution in [0.2, 0.25) is 0 Å². The molecule has 0 aliphatic rings. The number of hydrogen-bond acceptors (Lipinski definition) is 5. The zero-order chi connectivity index (χ0) is 16.4. The molecule has 3 rings (SSSR count). The van der Waals surface area contributed by atoms with Crippen LogP contribution in [0.1, 0.15) is 16.1 Å². The summed E-state index contributed by atoms with van der Waals surface area (Å²) in [5.74, 6) is -0.767. The first-order valence-electron chi connectivity index (χ1n) is 6.94. The second-order valence-corrected chi connectivity index (χ2v) is 5.00. The summed E-state index contributed by atoms with van der Waals surface area (Å²) in [6, 6.07) is 13.6. The highest BCUT2D eigenvalue weighted by atomic mass is 16.5. The molecular formula is C17H13N2O4-. The highest BCUT2D eigenvalue weighted by molar-refractivity contribution is 6.00. The van der Waals surface area contributed by atoms with Gasteiger partial charge in [-0.25, -0.2) is 4.68 Å². The average molecular weight is 309 g/mol. The van der Waals surface area contributed by atoms with Gasteiger partial charge >= 0.3 is 0 Å². The summed E-state index contributed by atoms with van der Waals surface area (Å²) in [5, 5.41) is 15.8. The smallest absolute Gasteiger partial charge is 0.274 e. The molecular weight excluding hydrogens is 296 g/mol. The lowest BCUT2D eigenvalue weighted by atomic mass is 10.1. The molecule has 0 N–H and O–H groups in total. The molecule has 0 saturated carbocycles. The predicted octanol–water partition coefficient (Wildman–Crippen LogP) is 0.817. The molecule has 0 spiro atoms. The van der Waals surface area contributed by atoms with E-state index in [1.165, 1.54) is 0 Å². The van der Waals surface area contributed by atoms with Crippen molar-refractivity contribution in [2.24, 2.45) is 0 Å². The number of carboxylic acids is 1. The predicted molar refractivity (Wildman–Crippen MR) is 82.4 cm³/mol. The summed E-state index contributed by atoms with van der Waals surface area (Å²) in [6.45, 7) is 0.140. The lowest BCUT2D eigenvalue weighted by Crippen LogP contribution is -2.31. The van der Waals surface area contributed by atoms with E-state index in [1.807, 2.05) is 6.07 Å². The van der Waals surface area contributed by atoms with Gasteiger partial charge < -0.3 is 14.6 Å². The van der Waals surface area contributed by atoms with Gasteiger partial charge in [-0.1, -0.05) is 30.3 Å². The third-order valence-corrected chi connectivity index (χ3v) is 3.53. The molecule has 0 aliphatic carbocycles. The number of aromatic carboxylic acids is 1. The van der Waals surface area contributed by atoms with Crippen molar-refractivity contribution < 1.29 is 14.6 Å². The summed E-state index contributed by atoms with van der Waals surface area (Å²) in [6.07, 6.45) is 0. The van der Waals surface area contributed by atoms with E-state index in [0.717, 1.165) is 10.2 Å². The first-order valence-corrected chi connectivity index (χ1v) is 6.94. The summed E-state index contributed by atoms with van der Waals surface area (Å²) >= 11 is 0. The minimum absolute atomic E-state index is 0.140. The Hall–Kier alpha value is -3.15. The van der Waals surface area contributed by atoms with Gasteiger partial charge in [0.25, 0.3) is 5.56 Å². The molecule has 3 aromatic rings. The maximum Gasteiger partial charge on any atom is 0.274 e. The van der Waals surface area contributed by atoms with Gasteiger partial charge in [0, 0.05) is 5.39 Å². The Morgan fingerprint density at radius 1 is 1.17 bits per heavy atom. The Morgan fingerprint density at radius 2 is 1.91 bits per heavy atom. The molecule has 1 heterocycles. The van der Waals surface area contributed by atoms with Crippen molar-refractivity contribution in [1.82, 2.24) is 9.78 Å². The molecule has 0 fully saturated rings. The maximum absolute atomic E-state index is 12.5. The molecule has 0 radical (unpaired) electrons. The summed E-state index contributed by atoms with van der Waals surface area (Å²) < 4.78 is 6.27. The minimum Gasteiger partial charge on any atom is -0.543 e. The van der Waals surface area contributed by atoms with Crippen molar-refractivity contribution >= 4 is 16.7 Å². The molecule has 0 aliphatic heterocycles. The fourth-order valence-electron chi connectivity index (χ4n) is 2.44. The molecule has 6 heteroatoms. The number of carbonyl (C=O) groups is 1. The van der Waals surface area contributed by atoms with Crippen LogP contribution in [0.25, 0.3) is 10.8 Å². The summed E-state index contributed by atoms with van der Waals surface area (Å²) in [4.78, 5) is 23.8. The topological polar surface area (TPSA) is 84.2 Å². The molecule has 2 aromatic carbocycles. The molecule has 116 valence electrons. The summed E-state index contributed by atoms with van der Waals surface area (Å²) in [7, 11) is 1.55. The third-order valence-electron chi connectivity index (χ3n) is 3.53. The monoisotopic (exact) mass is 309 g/mol. The Labute approximate surface area is 131 Å². The van der Waals surface area contributed by atoms with Crippen molar-refractivity contribution in [3.05, 3.63) is 70.1 Å². The second kappa shape index (κ2) is 5.92. The normalized spacial score (nSPS) is 10.7. The number of carboxylic acid groups (broad SMARTS) is 1. The Balaban J connectivity index is 2.15. The average Bonchev–Trinajstić information content (AvgIpc) is 2.57. The number of methoxy groups -OCH3 is 1. The molecule has 6 nitrogen and oxygen atoms in total. The van der Waals surface area contributed by atoms with E-state index < -0.39 is 5.97 Å². The van der Waals surface area contributed by atoms with Crippen molar-refractivity contribution in [1.29, 1.82) is 0 Å². The van der Waals surface area contributed by atoms with E-state index >= 15 is 0 Å². The number of aromatic nitrogens is 2. The molecule has 23 heavy (non-hydrogen) atoms. The van der Waals surface area contributed by atoms with Crippen LogP contribution in [0.15, 0.2) is 53.3 Å². The van der Waals surface area contributed by atoms with Crippen LogP contribution in [-0.2, 0) is 6.54 Å². The standard InChI is InChI=1S/C17H14N2O4/c1-23-12-6-4-5-11(9-12)10-19-16(20)14-8-3-2-7-13(14)15(18-19)17(21)22/h2-9H,10H2,1H3,(H,21,22)/p-1. The number of benzene rings is 2. The van der Waals surface area contributed by atoms with E-state index in [9.17, 15) is 14.7 Å². The molecule has 0 atom stereocenters. The first kappa shape index (κ1) is 14.8. The quantitative estimate of drug-likeness (QED) is 0.712. The largest absolute Gasteiger partial charge is 0.543 e. The van der Waals surface area contributed by atoms with Gasteiger partial charge in [0.1, 0.15) is 11.4 Å².